The summed E-state index contributed by atoms with van der Waals surface area (Å²) in [6.45, 7) is 8.43. The summed E-state index contributed by atoms with van der Waals surface area (Å²) in [4.78, 5) is 32.8. The Morgan fingerprint density at radius 3 is 2.61 bits per heavy atom. The average Bonchev–Trinajstić information content (AvgIpc) is 3.08. The molecule has 0 atom stereocenters. The molecule has 0 bridgehead atoms. The van der Waals surface area contributed by atoms with Gasteiger partial charge in [0.25, 0.3) is 5.91 Å². The number of rotatable bonds is 7. The Labute approximate surface area is 164 Å². The number of benzene rings is 1. The minimum Gasteiger partial charge on any atom is -0.352 e. The van der Waals surface area contributed by atoms with E-state index in [1.807, 2.05) is 6.92 Å². The number of hydrogen-bond donors (Lipinski definition) is 2. The van der Waals surface area contributed by atoms with Crippen molar-refractivity contribution in [2.75, 3.05) is 44.6 Å². The smallest absolute Gasteiger partial charge is 0.251 e. The summed E-state index contributed by atoms with van der Waals surface area (Å²) in [6, 6.07) is 6.96. The fraction of sp³-hybridized carbons (Fsp3) is 0.474. The van der Waals surface area contributed by atoms with Crippen molar-refractivity contribution in [1.29, 1.82) is 0 Å². The van der Waals surface area contributed by atoms with Crippen molar-refractivity contribution >= 4 is 17.5 Å². The molecule has 150 valence electrons. The molecule has 2 amide bonds. The van der Waals surface area contributed by atoms with Crippen LogP contribution in [0.4, 0.5) is 5.69 Å². The lowest BCUT2D eigenvalue weighted by atomic mass is 10.2. The van der Waals surface area contributed by atoms with E-state index in [0.717, 1.165) is 26.2 Å². The molecule has 2 N–H and O–H groups in total. The second-order valence-electron chi connectivity index (χ2n) is 6.78. The van der Waals surface area contributed by atoms with Crippen LogP contribution in [0.2, 0.25) is 0 Å². The van der Waals surface area contributed by atoms with Crippen LogP contribution < -0.4 is 10.6 Å². The van der Waals surface area contributed by atoms with Gasteiger partial charge in [0.1, 0.15) is 0 Å². The van der Waals surface area contributed by atoms with Crippen LogP contribution in [-0.4, -0.2) is 71.0 Å². The minimum absolute atomic E-state index is 0.0889. The van der Waals surface area contributed by atoms with E-state index in [4.69, 9.17) is 4.52 Å². The highest BCUT2D eigenvalue weighted by molar-refractivity contribution is 5.97. The van der Waals surface area contributed by atoms with E-state index in [-0.39, 0.29) is 11.8 Å². The van der Waals surface area contributed by atoms with Crippen molar-refractivity contribution in [3.05, 3.63) is 41.5 Å². The Morgan fingerprint density at radius 2 is 1.93 bits per heavy atom. The molecule has 1 aromatic carbocycles. The van der Waals surface area contributed by atoms with Gasteiger partial charge in [0.2, 0.25) is 11.8 Å². The van der Waals surface area contributed by atoms with Gasteiger partial charge in [0, 0.05) is 44.0 Å². The largest absolute Gasteiger partial charge is 0.352 e. The van der Waals surface area contributed by atoms with E-state index in [1.54, 1.807) is 31.2 Å². The summed E-state index contributed by atoms with van der Waals surface area (Å²) in [5.41, 5.74) is 1.16. The monoisotopic (exact) mass is 386 g/mol. The highest BCUT2D eigenvalue weighted by Crippen LogP contribution is 2.12. The molecule has 1 fully saturated rings. The molecule has 28 heavy (non-hydrogen) atoms. The van der Waals surface area contributed by atoms with Gasteiger partial charge in [0.05, 0.1) is 13.1 Å². The zero-order chi connectivity index (χ0) is 19.9. The van der Waals surface area contributed by atoms with Crippen LogP contribution >= 0.6 is 0 Å². The second-order valence-corrected chi connectivity index (χ2v) is 6.78. The maximum Gasteiger partial charge on any atom is 0.251 e. The summed E-state index contributed by atoms with van der Waals surface area (Å²) in [5.74, 6) is 1.03. The number of anilines is 1. The summed E-state index contributed by atoms with van der Waals surface area (Å²) in [7, 11) is 0. The van der Waals surface area contributed by atoms with E-state index in [1.165, 1.54) is 0 Å². The SMILES string of the molecule is CCNC(=O)c1cccc(NC(=O)CN2CCN(Cc3nc(C)no3)CC2)c1. The highest BCUT2D eigenvalue weighted by Gasteiger charge is 2.20. The predicted molar refractivity (Wildman–Crippen MR) is 104 cm³/mol. The van der Waals surface area contributed by atoms with Crippen molar-refractivity contribution in [2.45, 2.75) is 20.4 Å². The molecular weight excluding hydrogens is 360 g/mol. The highest BCUT2D eigenvalue weighted by atomic mass is 16.5. The molecule has 0 aliphatic carbocycles. The quantitative estimate of drug-likeness (QED) is 0.728. The van der Waals surface area contributed by atoms with Crippen LogP contribution in [0.15, 0.2) is 28.8 Å². The molecule has 0 radical (unpaired) electrons. The predicted octanol–water partition coefficient (Wildman–Crippen LogP) is 0.884. The van der Waals surface area contributed by atoms with Crippen LogP contribution in [0.3, 0.4) is 0 Å². The van der Waals surface area contributed by atoms with E-state index in [9.17, 15) is 9.59 Å². The van der Waals surface area contributed by atoms with Gasteiger partial charge in [-0.1, -0.05) is 11.2 Å². The maximum absolute atomic E-state index is 12.4. The van der Waals surface area contributed by atoms with Crippen LogP contribution in [-0.2, 0) is 11.3 Å². The average molecular weight is 386 g/mol. The van der Waals surface area contributed by atoms with Crippen LogP contribution in [0.25, 0.3) is 0 Å². The Kier molecular flexibility index (Phi) is 6.72. The molecule has 3 rings (SSSR count). The first-order valence-corrected chi connectivity index (χ1v) is 9.45. The Morgan fingerprint density at radius 1 is 1.18 bits per heavy atom. The van der Waals surface area contributed by atoms with Crippen molar-refractivity contribution in [3.8, 4) is 0 Å². The van der Waals surface area contributed by atoms with Gasteiger partial charge in [-0.3, -0.25) is 19.4 Å². The number of aryl methyl sites for hydroxylation is 1. The summed E-state index contributed by atoms with van der Waals surface area (Å²) in [5, 5.41) is 9.43. The zero-order valence-electron chi connectivity index (χ0n) is 16.3. The van der Waals surface area contributed by atoms with Gasteiger partial charge in [-0.15, -0.1) is 0 Å². The van der Waals surface area contributed by atoms with E-state index in [0.29, 0.717) is 42.6 Å². The van der Waals surface area contributed by atoms with E-state index < -0.39 is 0 Å². The fourth-order valence-electron chi connectivity index (χ4n) is 3.11. The topological polar surface area (TPSA) is 104 Å². The third-order valence-corrected chi connectivity index (χ3v) is 4.51. The molecule has 9 nitrogen and oxygen atoms in total. The standard InChI is InChI=1S/C19H26N6O3/c1-3-20-19(27)15-5-4-6-16(11-15)22-17(26)12-24-7-9-25(10-8-24)13-18-21-14(2)23-28-18/h4-6,11H,3,7-10,12-13H2,1-2H3,(H,20,27)(H,22,26). The molecule has 1 saturated heterocycles. The Bertz CT molecular complexity index is 814. The van der Waals surface area contributed by atoms with E-state index in [2.05, 4.69) is 30.6 Å². The van der Waals surface area contributed by atoms with Crippen molar-refractivity contribution in [1.82, 2.24) is 25.3 Å². The number of nitrogens with zero attached hydrogens (tertiary/aromatic N) is 4. The molecule has 1 aliphatic rings. The van der Waals surface area contributed by atoms with Crippen molar-refractivity contribution in [3.63, 3.8) is 0 Å². The third-order valence-electron chi connectivity index (χ3n) is 4.51. The first kappa shape index (κ1) is 20.0. The lowest BCUT2D eigenvalue weighted by Gasteiger charge is -2.33. The lowest BCUT2D eigenvalue weighted by Crippen LogP contribution is -2.48. The molecule has 2 aromatic rings. The van der Waals surface area contributed by atoms with Gasteiger partial charge < -0.3 is 15.2 Å². The van der Waals surface area contributed by atoms with Crippen molar-refractivity contribution in [2.24, 2.45) is 0 Å². The Hall–Kier alpha value is -2.78. The first-order valence-electron chi connectivity index (χ1n) is 9.45. The molecule has 0 spiro atoms. The van der Waals surface area contributed by atoms with Crippen LogP contribution in [0, 0.1) is 6.92 Å². The first-order chi connectivity index (χ1) is 13.5. The molecule has 1 aromatic heterocycles. The number of hydrogen-bond acceptors (Lipinski definition) is 7. The number of carbonyl (C=O) groups excluding carboxylic acids is 2. The second kappa shape index (κ2) is 9.43. The molecule has 0 unspecified atom stereocenters. The lowest BCUT2D eigenvalue weighted by molar-refractivity contribution is -0.117. The number of piperazine rings is 1. The summed E-state index contributed by atoms with van der Waals surface area (Å²) < 4.78 is 5.16. The van der Waals surface area contributed by atoms with Gasteiger partial charge in [0.15, 0.2) is 5.82 Å². The summed E-state index contributed by atoms with van der Waals surface area (Å²) in [6.07, 6.45) is 0. The summed E-state index contributed by atoms with van der Waals surface area (Å²) >= 11 is 0. The van der Waals surface area contributed by atoms with Crippen LogP contribution in [0.1, 0.15) is 29.0 Å². The fourth-order valence-corrected chi connectivity index (χ4v) is 3.11. The third kappa shape index (κ3) is 5.61. The number of aromatic nitrogens is 2. The number of carbonyl (C=O) groups is 2. The molecule has 0 saturated carbocycles. The zero-order valence-corrected chi connectivity index (χ0v) is 16.3. The van der Waals surface area contributed by atoms with Gasteiger partial charge in [-0.05, 0) is 32.0 Å². The van der Waals surface area contributed by atoms with E-state index >= 15 is 0 Å². The molecule has 9 heteroatoms. The normalized spacial score (nSPS) is 15.4. The Balaban J connectivity index is 1.44. The maximum atomic E-state index is 12.4. The molecule has 1 aliphatic heterocycles. The number of nitrogens with one attached hydrogen (secondary N) is 2. The molecule has 2 heterocycles. The number of amides is 2. The van der Waals surface area contributed by atoms with Gasteiger partial charge in [-0.2, -0.15) is 4.98 Å². The van der Waals surface area contributed by atoms with Crippen LogP contribution in [0.5, 0.6) is 0 Å². The van der Waals surface area contributed by atoms with Crippen molar-refractivity contribution < 1.29 is 14.1 Å². The molecular formula is C19H26N6O3. The van der Waals surface area contributed by atoms with Gasteiger partial charge in [-0.25, -0.2) is 0 Å². The minimum atomic E-state index is -0.147. The van der Waals surface area contributed by atoms with Gasteiger partial charge >= 0.3 is 0 Å².